The monoisotopic (exact) mass is 261 g/mol. The Bertz CT molecular complexity index is 370. The van der Waals surface area contributed by atoms with Gasteiger partial charge >= 0.3 is 0 Å². The summed E-state index contributed by atoms with van der Waals surface area (Å²) in [7, 11) is 0. The van der Waals surface area contributed by atoms with Gasteiger partial charge in [-0.3, -0.25) is 3.64 Å². The second-order valence-corrected chi connectivity index (χ2v) is 2.41. The Morgan fingerprint density at radius 1 is 1.45 bits per heavy atom. The van der Waals surface area contributed by atoms with Crippen LogP contribution in [0.3, 0.4) is 0 Å². The van der Waals surface area contributed by atoms with Crippen LogP contribution < -0.4 is 3.64 Å². The Morgan fingerprint density at radius 3 is 3.18 bits per heavy atom. The van der Waals surface area contributed by atoms with Gasteiger partial charge in [-0.05, 0) is 0 Å². The Labute approximate surface area is 76.3 Å². The quantitative estimate of drug-likeness (QED) is 0.607. The molecule has 0 radical (unpaired) electrons. The lowest BCUT2D eigenvalue weighted by atomic mass is 10.6. The number of aromatic nitrogens is 4. The summed E-state index contributed by atoms with van der Waals surface area (Å²) >= 11 is 2.01. The van der Waals surface area contributed by atoms with E-state index in [1.165, 1.54) is 6.33 Å². The van der Waals surface area contributed by atoms with Crippen LogP contribution in [0.4, 0.5) is 0 Å². The molecule has 2 aromatic heterocycles. The summed E-state index contributed by atoms with van der Waals surface area (Å²) in [6.45, 7) is 0. The van der Waals surface area contributed by atoms with E-state index in [-0.39, 0.29) is 0 Å². The number of nitrogens with one attached hydrogen (secondary N) is 1. The van der Waals surface area contributed by atoms with Crippen LogP contribution in [0.25, 0.3) is 11.2 Å². The SMILES string of the molecule is INn1cnc2cncnc21. The lowest BCUT2D eigenvalue weighted by Crippen LogP contribution is -2.00. The van der Waals surface area contributed by atoms with Gasteiger partial charge in [0.15, 0.2) is 5.65 Å². The highest BCUT2D eigenvalue weighted by atomic mass is 127. The second kappa shape index (κ2) is 2.61. The number of hydrogen-bond acceptors (Lipinski definition) is 4. The van der Waals surface area contributed by atoms with Crippen LogP contribution >= 0.6 is 22.9 Å². The van der Waals surface area contributed by atoms with E-state index < -0.39 is 0 Å². The van der Waals surface area contributed by atoms with Crippen molar-refractivity contribution in [3.63, 3.8) is 0 Å². The van der Waals surface area contributed by atoms with Crippen molar-refractivity contribution in [3.8, 4) is 0 Å². The van der Waals surface area contributed by atoms with E-state index in [1.54, 1.807) is 17.2 Å². The first-order valence-corrected chi connectivity index (χ1v) is 3.99. The van der Waals surface area contributed by atoms with Gasteiger partial charge in [-0.25, -0.2) is 19.6 Å². The molecular weight excluding hydrogens is 257 g/mol. The van der Waals surface area contributed by atoms with Crippen molar-refractivity contribution in [2.24, 2.45) is 0 Å². The molecule has 0 saturated carbocycles. The van der Waals surface area contributed by atoms with Crippen LogP contribution in [0.2, 0.25) is 0 Å². The first kappa shape index (κ1) is 6.77. The average molecular weight is 261 g/mol. The molecule has 5 nitrogen and oxygen atoms in total. The third-order valence-electron chi connectivity index (χ3n) is 1.30. The molecule has 0 spiro atoms. The summed E-state index contributed by atoms with van der Waals surface area (Å²) in [6, 6.07) is 0. The zero-order valence-corrected chi connectivity index (χ0v) is 7.56. The summed E-state index contributed by atoms with van der Waals surface area (Å²) in [5, 5.41) is 0. The Kier molecular flexibility index (Phi) is 1.60. The number of halogens is 1. The van der Waals surface area contributed by atoms with Crippen LogP contribution in [0.5, 0.6) is 0 Å². The molecule has 0 unspecified atom stereocenters. The number of fused-ring (bicyclic) bond motifs is 1. The van der Waals surface area contributed by atoms with Crippen molar-refractivity contribution >= 4 is 34.0 Å². The summed E-state index contributed by atoms with van der Waals surface area (Å²) < 4.78 is 4.60. The topological polar surface area (TPSA) is 55.6 Å². The van der Waals surface area contributed by atoms with Crippen molar-refractivity contribution < 1.29 is 0 Å². The van der Waals surface area contributed by atoms with Crippen LogP contribution in [0.15, 0.2) is 18.9 Å². The summed E-state index contributed by atoms with van der Waals surface area (Å²) in [6.07, 6.45) is 4.83. The Hall–Kier alpha value is -0.920. The van der Waals surface area contributed by atoms with Gasteiger partial charge in [-0.15, -0.1) is 0 Å². The number of rotatable bonds is 1. The first-order chi connectivity index (χ1) is 5.42. The molecule has 2 aromatic rings. The van der Waals surface area contributed by atoms with Crippen LogP contribution in [-0.4, -0.2) is 19.6 Å². The van der Waals surface area contributed by atoms with E-state index in [0.29, 0.717) is 0 Å². The molecule has 0 aromatic carbocycles. The molecule has 11 heavy (non-hydrogen) atoms. The van der Waals surface area contributed by atoms with Gasteiger partial charge in [-0.2, -0.15) is 0 Å². The number of nitrogens with zero attached hydrogens (tertiary/aromatic N) is 4. The molecule has 2 heterocycles. The normalized spacial score (nSPS) is 10.3. The van der Waals surface area contributed by atoms with E-state index in [1.807, 2.05) is 22.9 Å². The van der Waals surface area contributed by atoms with Gasteiger partial charge in [0.1, 0.15) is 18.2 Å². The van der Waals surface area contributed by atoms with Crippen molar-refractivity contribution in [2.75, 3.05) is 3.64 Å². The molecule has 0 bridgehead atoms. The van der Waals surface area contributed by atoms with Gasteiger partial charge in [-0.1, -0.05) is 0 Å². The van der Waals surface area contributed by atoms with Crippen molar-refractivity contribution in [1.82, 2.24) is 19.6 Å². The highest BCUT2D eigenvalue weighted by Crippen LogP contribution is 2.05. The highest BCUT2D eigenvalue weighted by molar-refractivity contribution is 14.1. The molecule has 0 amide bonds. The largest absolute Gasteiger partial charge is 0.263 e. The maximum atomic E-state index is 4.06. The Balaban J connectivity index is 2.76. The smallest absolute Gasteiger partial charge is 0.182 e. The molecule has 0 aliphatic carbocycles. The minimum atomic E-state index is 0.786. The summed E-state index contributed by atoms with van der Waals surface area (Å²) in [5.74, 6) is 0. The second-order valence-electron chi connectivity index (χ2n) is 1.93. The third kappa shape index (κ3) is 1.02. The van der Waals surface area contributed by atoms with E-state index in [0.717, 1.165) is 11.2 Å². The van der Waals surface area contributed by atoms with Gasteiger partial charge < -0.3 is 0 Å². The molecule has 0 aliphatic heterocycles. The molecule has 1 N–H and O–H groups in total. The fraction of sp³-hybridized carbons (Fsp3) is 0. The van der Waals surface area contributed by atoms with Crippen molar-refractivity contribution in [2.45, 2.75) is 0 Å². The third-order valence-corrected chi connectivity index (χ3v) is 1.82. The lowest BCUT2D eigenvalue weighted by Gasteiger charge is -1.95. The van der Waals surface area contributed by atoms with E-state index in [4.69, 9.17) is 0 Å². The van der Waals surface area contributed by atoms with Gasteiger partial charge in [0.2, 0.25) is 0 Å². The van der Waals surface area contributed by atoms with Gasteiger partial charge in [0.25, 0.3) is 0 Å². The van der Waals surface area contributed by atoms with E-state index in [9.17, 15) is 0 Å². The summed E-state index contributed by atoms with van der Waals surface area (Å²) in [4.78, 5) is 11.9. The maximum Gasteiger partial charge on any atom is 0.182 e. The summed E-state index contributed by atoms with van der Waals surface area (Å²) in [5.41, 5.74) is 1.58. The number of imidazole rings is 1. The molecule has 56 valence electrons. The standard InChI is InChI=1S/C5H4IN5/c6-10-11-3-9-4-1-7-2-8-5(4)11/h1-3,10H. The van der Waals surface area contributed by atoms with Gasteiger partial charge in [0, 0.05) is 0 Å². The molecule has 0 aliphatic rings. The van der Waals surface area contributed by atoms with Gasteiger partial charge in [0.05, 0.1) is 29.1 Å². The fourth-order valence-electron chi connectivity index (χ4n) is 0.829. The molecule has 6 heteroatoms. The van der Waals surface area contributed by atoms with Crippen molar-refractivity contribution in [3.05, 3.63) is 18.9 Å². The van der Waals surface area contributed by atoms with E-state index in [2.05, 4.69) is 18.6 Å². The first-order valence-electron chi connectivity index (χ1n) is 2.91. The number of hydrogen-bond donors (Lipinski definition) is 1. The molecule has 0 fully saturated rings. The minimum absolute atomic E-state index is 0.786. The lowest BCUT2D eigenvalue weighted by molar-refractivity contribution is 1.02. The predicted molar refractivity (Wildman–Crippen MR) is 48.7 cm³/mol. The molecular formula is C5H4IN5. The highest BCUT2D eigenvalue weighted by Gasteiger charge is 1.99. The average Bonchev–Trinajstić information content (AvgIpc) is 2.47. The zero-order valence-electron chi connectivity index (χ0n) is 5.40. The minimum Gasteiger partial charge on any atom is -0.263 e. The van der Waals surface area contributed by atoms with Crippen LogP contribution in [-0.2, 0) is 0 Å². The zero-order chi connectivity index (χ0) is 7.68. The fourth-order valence-corrected chi connectivity index (χ4v) is 1.18. The van der Waals surface area contributed by atoms with Crippen LogP contribution in [0.1, 0.15) is 0 Å². The van der Waals surface area contributed by atoms with Crippen LogP contribution in [0, 0.1) is 0 Å². The molecule has 0 atom stereocenters. The predicted octanol–water partition coefficient (Wildman–Crippen LogP) is 0.720. The maximum absolute atomic E-state index is 4.06. The Morgan fingerprint density at radius 2 is 2.36 bits per heavy atom. The molecule has 2 rings (SSSR count). The van der Waals surface area contributed by atoms with E-state index >= 15 is 0 Å². The van der Waals surface area contributed by atoms with Crippen molar-refractivity contribution in [1.29, 1.82) is 0 Å². The molecule has 0 saturated heterocycles.